The molecule has 100 valence electrons. The third-order valence-corrected chi connectivity index (χ3v) is 3.26. The highest BCUT2D eigenvalue weighted by molar-refractivity contribution is 6.17. The second kappa shape index (κ2) is 6.05. The van der Waals surface area contributed by atoms with Crippen molar-refractivity contribution in [1.82, 2.24) is 14.5 Å². The molecule has 0 bridgehead atoms. The first-order valence-corrected chi connectivity index (χ1v) is 6.79. The van der Waals surface area contributed by atoms with Gasteiger partial charge < -0.3 is 9.47 Å². The SMILES string of the molecule is CN(C)CCn1c(CCCl)nc2c(C#N)cccc21. The minimum absolute atomic E-state index is 0.535. The van der Waals surface area contributed by atoms with Gasteiger partial charge in [0.25, 0.3) is 0 Å². The number of aromatic nitrogens is 2. The summed E-state index contributed by atoms with van der Waals surface area (Å²) in [5.41, 5.74) is 2.42. The van der Waals surface area contributed by atoms with Crippen LogP contribution in [0.1, 0.15) is 11.4 Å². The minimum Gasteiger partial charge on any atom is -0.327 e. The Hall–Kier alpha value is -1.57. The molecule has 0 saturated carbocycles. The van der Waals surface area contributed by atoms with Gasteiger partial charge in [0.1, 0.15) is 17.4 Å². The molecule has 0 N–H and O–H groups in total. The number of nitrogens with zero attached hydrogens (tertiary/aromatic N) is 4. The third kappa shape index (κ3) is 2.89. The summed E-state index contributed by atoms with van der Waals surface area (Å²) in [6.07, 6.45) is 0.717. The summed E-state index contributed by atoms with van der Waals surface area (Å²) in [6.45, 7) is 1.78. The molecule has 0 radical (unpaired) electrons. The van der Waals surface area contributed by atoms with Crippen LogP contribution in [0.15, 0.2) is 18.2 Å². The average molecular weight is 277 g/mol. The number of benzene rings is 1. The molecule has 2 rings (SSSR count). The fourth-order valence-corrected chi connectivity index (χ4v) is 2.28. The number of hydrogen-bond acceptors (Lipinski definition) is 3. The zero-order valence-corrected chi connectivity index (χ0v) is 12.0. The number of hydrogen-bond donors (Lipinski definition) is 0. The zero-order chi connectivity index (χ0) is 13.8. The molecule has 0 atom stereocenters. The van der Waals surface area contributed by atoms with E-state index in [1.165, 1.54) is 0 Å². The summed E-state index contributed by atoms with van der Waals surface area (Å²) < 4.78 is 2.17. The molecule has 0 spiro atoms. The number of nitriles is 1. The molecule has 19 heavy (non-hydrogen) atoms. The Morgan fingerprint density at radius 3 is 2.84 bits per heavy atom. The lowest BCUT2D eigenvalue weighted by Gasteiger charge is -2.13. The van der Waals surface area contributed by atoms with Crippen molar-refractivity contribution in [3.63, 3.8) is 0 Å². The Bertz CT molecular complexity index is 610. The van der Waals surface area contributed by atoms with Crippen molar-refractivity contribution < 1.29 is 0 Å². The summed E-state index contributed by atoms with van der Waals surface area (Å²) in [4.78, 5) is 6.72. The number of aryl methyl sites for hydroxylation is 1. The Morgan fingerprint density at radius 2 is 2.21 bits per heavy atom. The summed E-state index contributed by atoms with van der Waals surface area (Å²) in [5, 5.41) is 9.15. The maximum Gasteiger partial charge on any atom is 0.111 e. The summed E-state index contributed by atoms with van der Waals surface area (Å²) in [5.74, 6) is 1.49. The average Bonchev–Trinajstić information content (AvgIpc) is 2.74. The van der Waals surface area contributed by atoms with Crippen LogP contribution in [0.4, 0.5) is 0 Å². The van der Waals surface area contributed by atoms with E-state index in [0.717, 1.165) is 29.9 Å². The smallest absolute Gasteiger partial charge is 0.111 e. The molecule has 0 saturated heterocycles. The predicted octanol–water partition coefficient (Wildman–Crippen LogP) is 2.25. The highest BCUT2D eigenvalue weighted by Crippen LogP contribution is 2.20. The van der Waals surface area contributed by atoms with Crippen LogP contribution in [0.5, 0.6) is 0 Å². The van der Waals surface area contributed by atoms with Crippen molar-refractivity contribution in [2.75, 3.05) is 26.5 Å². The second-order valence-corrected chi connectivity index (χ2v) is 5.09. The Kier molecular flexibility index (Phi) is 4.41. The second-order valence-electron chi connectivity index (χ2n) is 4.71. The number of halogens is 1. The van der Waals surface area contributed by atoms with Crippen LogP contribution in [0.25, 0.3) is 11.0 Å². The van der Waals surface area contributed by atoms with E-state index < -0.39 is 0 Å². The van der Waals surface area contributed by atoms with Gasteiger partial charge in [-0.15, -0.1) is 11.6 Å². The predicted molar refractivity (Wildman–Crippen MR) is 77.4 cm³/mol. The molecule has 1 aromatic heterocycles. The Balaban J connectivity index is 2.51. The molecule has 4 nitrogen and oxygen atoms in total. The number of fused-ring (bicyclic) bond motifs is 1. The number of imidazole rings is 1. The van der Waals surface area contributed by atoms with Crippen LogP contribution < -0.4 is 0 Å². The third-order valence-electron chi connectivity index (χ3n) is 3.07. The maximum atomic E-state index is 9.15. The molecule has 0 aliphatic carbocycles. The van der Waals surface area contributed by atoms with E-state index in [4.69, 9.17) is 16.9 Å². The van der Waals surface area contributed by atoms with E-state index in [9.17, 15) is 0 Å². The standard InChI is InChI=1S/C14H17ClN4/c1-18(2)8-9-19-12-5-3-4-11(10-16)14(12)17-13(19)6-7-15/h3-5H,6-9H2,1-2H3. The van der Waals surface area contributed by atoms with Crippen LogP contribution in [0.3, 0.4) is 0 Å². The van der Waals surface area contributed by atoms with Gasteiger partial charge in [-0.05, 0) is 26.2 Å². The van der Waals surface area contributed by atoms with Crippen LogP contribution >= 0.6 is 11.6 Å². The van der Waals surface area contributed by atoms with Crippen molar-refractivity contribution >= 4 is 22.6 Å². The van der Waals surface area contributed by atoms with Gasteiger partial charge in [0.2, 0.25) is 0 Å². The lowest BCUT2D eigenvalue weighted by Crippen LogP contribution is -2.19. The Labute approximate surface area is 118 Å². The first kappa shape index (κ1) is 13.9. The maximum absolute atomic E-state index is 9.15. The highest BCUT2D eigenvalue weighted by Gasteiger charge is 2.13. The van der Waals surface area contributed by atoms with E-state index in [1.54, 1.807) is 6.07 Å². The van der Waals surface area contributed by atoms with Crippen molar-refractivity contribution in [3.05, 3.63) is 29.6 Å². The van der Waals surface area contributed by atoms with E-state index >= 15 is 0 Å². The zero-order valence-electron chi connectivity index (χ0n) is 11.2. The molecule has 5 heteroatoms. The molecule has 2 aromatic rings. The first-order valence-electron chi connectivity index (χ1n) is 6.26. The van der Waals surface area contributed by atoms with Crippen LogP contribution in [-0.2, 0) is 13.0 Å². The van der Waals surface area contributed by atoms with Crippen LogP contribution in [0, 0.1) is 11.3 Å². The van der Waals surface area contributed by atoms with Crippen molar-refractivity contribution in [2.45, 2.75) is 13.0 Å². The monoisotopic (exact) mass is 276 g/mol. The van der Waals surface area contributed by atoms with Gasteiger partial charge in [-0.2, -0.15) is 5.26 Å². The Morgan fingerprint density at radius 1 is 1.42 bits per heavy atom. The number of alkyl halides is 1. The van der Waals surface area contributed by atoms with Crippen LogP contribution in [-0.4, -0.2) is 41.0 Å². The summed E-state index contributed by atoms with van der Waals surface area (Å²) >= 11 is 5.84. The molecule has 1 heterocycles. The molecular weight excluding hydrogens is 260 g/mol. The van der Waals surface area contributed by atoms with Crippen molar-refractivity contribution in [2.24, 2.45) is 0 Å². The number of likely N-dealkylation sites (N-methyl/N-ethyl adjacent to an activating group) is 1. The van der Waals surface area contributed by atoms with E-state index in [2.05, 4.69) is 20.5 Å². The van der Waals surface area contributed by atoms with Crippen molar-refractivity contribution in [3.8, 4) is 6.07 Å². The number of rotatable bonds is 5. The largest absolute Gasteiger partial charge is 0.327 e. The fourth-order valence-electron chi connectivity index (χ4n) is 2.11. The van der Waals surface area contributed by atoms with E-state index in [1.807, 2.05) is 26.2 Å². The van der Waals surface area contributed by atoms with Gasteiger partial charge in [0.15, 0.2) is 0 Å². The molecule has 0 aliphatic heterocycles. The van der Waals surface area contributed by atoms with E-state index in [-0.39, 0.29) is 0 Å². The molecule has 1 aromatic carbocycles. The molecule has 0 fully saturated rings. The van der Waals surface area contributed by atoms with Gasteiger partial charge >= 0.3 is 0 Å². The molecule has 0 amide bonds. The lowest BCUT2D eigenvalue weighted by molar-refractivity contribution is 0.383. The minimum atomic E-state index is 0.535. The van der Waals surface area contributed by atoms with Crippen molar-refractivity contribution in [1.29, 1.82) is 5.26 Å². The topological polar surface area (TPSA) is 44.9 Å². The summed E-state index contributed by atoms with van der Waals surface area (Å²) in [6, 6.07) is 7.91. The number of para-hydroxylation sites is 1. The molecule has 0 aliphatic rings. The highest BCUT2D eigenvalue weighted by atomic mass is 35.5. The van der Waals surface area contributed by atoms with Gasteiger partial charge in [0, 0.05) is 25.4 Å². The first-order chi connectivity index (χ1) is 9.17. The normalized spacial score (nSPS) is 11.1. The van der Waals surface area contributed by atoms with Gasteiger partial charge in [-0.3, -0.25) is 0 Å². The lowest BCUT2D eigenvalue weighted by atomic mass is 10.2. The van der Waals surface area contributed by atoms with Gasteiger partial charge in [0.05, 0.1) is 11.1 Å². The summed E-state index contributed by atoms with van der Waals surface area (Å²) in [7, 11) is 4.09. The molecular formula is C14H17ClN4. The van der Waals surface area contributed by atoms with Gasteiger partial charge in [-0.1, -0.05) is 6.07 Å². The quantitative estimate of drug-likeness (QED) is 0.787. The van der Waals surface area contributed by atoms with E-state index in [0.29, 0.717) is 17.9 Å². The van der Waals surface area contributed by atoms with Crippen LogP contribution in [0.2, 0.25) is 0 Å². The molecule has 0 unspecified atom stereocenters. The van der Waals surface area contributed by atoms with Gasteiger partial charge in [-0.25, -0.2) is 4.98 Å². The fraction of sp³-hybridized carbons (Fsp3) is 0.429.